The van der Waals surface area contributed by atoms with Gasteiger partial charge in [-0.05, 0) is 42.0 Å². The molecule has 0 amide bonds. The van der Waals surface area contributed by atoms with Crippen molar-refractivity contribution in [3.63, 3.8) is 0 Å². The van der Waals surface area contributed by atoms with Gasteiger partial charge in [-0.2, -0.15) is 0 Å². The maximum Gasteiger partial charge on any atom is 0.510 e. The van der Waals surface area contributed by atoms with Crippen molar-refractivity contribution in [1.82, 2.24) is 0 Å². The number of aliphatic hydroxyl groups is 3. The number of aromatic hydroxyl groups is 4. The van der Waals surface area contributed by atoms with E-state index in [-0.39, 0.29) is 39.9 Å². The normalized spacial score (nSPS) is 21.6. The number of hydrogen-bond donors (Lipinski definition) is 7. The zero-order chi connectivity index (χ0) is 32.4. The predicted octanol–water partition coefficient (Wildman–Crippen LogP) is 1.66. The van der Waals surface area contributed by atoms with Crippen LogP contribution in [0.4, 0.5) is 0 Å². The lowest BCUT2D eigenvalue weighted by atomic mass is 9.99. The van der Waals surface area contributed by atoms with Gasteiger partial charge >= 0.3 is 5.97 Å². The van der Waals surface area contributed by atoms with Crippen LogP contribution in [0.2, 0.25) is 0 Å². The number of hydrogen-bond acceptors (Lipinski definition) is 13. The lowest BCUT2D eigenvalue weighted by molar-refractivity contribution is -0.276. The predicted molar refractivity (Wildman–Crippen MR) is 156 cm³/mol. The molecule has 1 saturated heterocycles. The Morgan fingerprint density at radius 3 is 2.36 bits per heavy atom. The van der Waals surface area contributed by atoms with E-state index in [0.717, 1.165) is 18.2 Å². The van der Waals surface area contributed by atoms with Gasteiger partial charge in [-0.25, -0.2) is 0 Å². The maximum atomic E-state index is 12.0. The molecule has 1 fully saturated rings. The van der Waals surface area contributed by atoms with Gasteiger partial charge < -0.3 is 63.9 Å². The minimum absolute atomic E-state index is 0.0222. The molecule has 14 heteroatoms. The van der Waals surface area contributed by atoms with Gasteiger partial charge in [0.05, 0.1) is 18.7 Å². The third-order valence-electron chi connectivity index (χ3n) is 6.96. The van der Waals surface area contributed by atoms with Crippen LogP contribution in [0.3, 0.4) is 0 Å². The molecule has 3 aliphatic rings. The molecular weight excluding hydrogens is 596 g/mol. The third-order valence-corrected chi connectivity index (χ3v) is 6.96. The molecular formula is C31H29O14+. The van der Waals surface area contributed by atoms with E-state index in [1.165, 1.54) is 43.5 Å². The van der Waals surface area contributed by atoms with Gasteiger partial charge in [0.15, 0.2) is 34.5 Å². The summed E-state index contributed by atoms with van der Waals surface area (Å²) in [6.45, 7) is -0.498. The summed E-state index contributed by atoms with van der Waals surface area (Å²) in [5, 5.41) is 72.0. The molecule has 45 heavy (non-hydrogen) atoms. The summed E-state index contributed by atoms with van der Waals surface area (Å²) in [5.74, 6) is -2.73. The molecule has 2 aromatic carbocycles. The third kappa shape index (κ3) is 6.63. The Morgan fingerprint density at radius 2 is 1.64 bits per heavy atom. The molecule has 5 atom stereocenters. The standard InChI is InChI=1S/C31H28O14/c1-41-22-9-15(8-20(35)26(22)37)30-23(12-18-19(34)10-17(33)11-21(18)43-30)44-31-29(40)28(39)27(38)24(45-31)13-42-25(36)7-4-14-2-5-16(32)6-3-14/h2-12,24,27-29,31-32,34-35,37-40H,13H2,1H3/p+1/t24-,27-,28-,29-,31-/m1/s1. The number of phenolic OH excluding ortho intramolecular Hbond substituents is 4. The van der Waals surface area contributed by atoms with Gasteiger partial charge in [0.25, 0.3) is 0 Å². The van der Waals surface area contributed by atoms with Crippen molar-refractivity contribution in [2.24, 2.45) is 0 Å². The van der Waals surface area contributed by atoms with E-state index in [9.17, 15) is 45.3 Å². The number of phenols is 4. The highest BCUT2D eigenvalue weighted by atomic mass is 16.7. The number of methoxy groups -OCH3 is 1. The number of benzene rings is 3. The van der Waals surface area contributed by atoms with Gasteiger partial charge in [0.2, 0.25) is 18.6 Å². The topological polar surface area (TPSA) is 230 Å². The minimum Gasteiger partial charge on any atom is -0.508 e. The number of rotatable bonds is 8. The molecule has 0 aromatic heterocycles. The minimum atomic E-state index is -1.83. The molecule has 5 rings (SSSR count). The Bertz CT molecular complexity index is 1740. The van der Waals surface area contributed by atoms with Crippen LogP contribution in [-0.2, 0) is 9.47 Å². The zero-order valence-electron chi connectivity index (χ0n) is 23.5. The summed E-state index contributed by atoms with van der Waals surface area (Å²) in [4.78, 5) is 22.2. The van der Waals surface area contributed by atoms with Crippen LogP contribution in [-0.4, -0.2) is 90.9 Å². The fourth-order valence-corrected chi connectivity index (χ4v) is 4.59. The van der Waals surface area contributed by atoms with Crippen molar-refractivity contribution in [3.05, 3.63) is 76.5 Å². The van der Waals surface area contributed by atoms with E-state index in [2.05, 4.69) is 0 Å². The van der Waals surface area contributed by atoms with Gasteiger partial charge in [0, 0.05) is 17.7 Å². The first-order valence-electron chi connectivity index (χ1n) is 13.4. The van der Waals surface area contributed by atoms with Gasteiger partial charge in [-0.1, -0.05) is 12.1 Å². The quantitative estimate of drug-likeness (QED) is 0.0640. The summed E-state index contributed by atoms with van der Waals surface area (Å²) in [7, 11) is 1.24. The fraction of sp³-hybridized carbons (Fsp3) is 0.226. The van der Waals surface area contributed by atoms with Crippen LogP contribution in [0.5, 0.6) is 34.5 Å². The van der Waals surface area contributed by atoms with Gasteiger partial charge in [-0.15, -0.1) is 0 Å². The second-order valence-corrected chi connectivity index (χ2v) is 10.0. The molecule has 2 aliphatic heterocycles. The molecule has 0 spiro atoms. The van der Waals surface area contributed by atoms with E-state index in [0.29, 0.717) is 5.56 Å². The molecule has 14 nitrogen and oxygen atoms in total. The van der Waals surface area contributed by atoms with E-state index in [4.69, 9.17) is 23.4 Å². The van der Waals surface area contributed by atoms with Crippen LogP contribution in [0.25, 0.3) is 28.7 Å². The highest BCUT2D eigenvalue weighted by Crippen LogP contribution is 2.45. The van der Waals surface area contributed by atoms with Gasteiger partial charge in [0.1, 0.15) is 35.6 Å². The molecule has 0 radical (unpaired) electrons. The average molecular weight is 626 g/mol. The second-order valence-electron chi connectivity index (χ2n) is 10.0. The van der Waals surface area contributed by atoms with Crippen LogP contribution in [0.1, 0.15) is 5.56 Å². The number of esters is 1. The summed E-state index contributed by atoms with van der Waals surface area (Å²) < 4.78 is 27.8. The second kappa shape index (κ2) is 12.8. The lowest BCUT2D eigenvalue weighted by Crippen LogP contribution is -2.60. The van der Waals surface area contributed by atoms with Crippen molar-refractivity contribution in [3.8, 4) is 57.1 Å². The molecule has 0 saturated carbocycles. The molecule has 236 valence electrons. The molecule has 2 aromatic rings. The summed E-state index contributed by atoms with van der Waals surface area (Å²) in [5.41, 5.74) is 0.158. The van der Waals surface area contributed by atoms with Gasteiger partial charge in [-0.3, -0.25) is 4.79 Å². The smallest absolute Gasteiger partial charge is 0.508 e. The van der Waals surface area contributed by atoms with E-state index in [1.807, 2.05) is 0 Å². The van der Waals surface area contributed by atoms with Crippen molar-refractivity contribution in [2.75, 3.05) is 13.7 Å². The first kappa shape index (κ1) is 31.2. The molecule has 1 aliphatic carbocycles. The first-order valence-corrected chi connectivity index (χ1v) is 13.4. The van der Waals surface area contributed by atoms with E-state index in [1.54, 1.807) is 12.1 Å². The number of aliphatic hydroxyl groups excluding tert-OH is 3. The fourth-order valence-electron chi connectivity index (χ4n) is 4.59. The Labute approximate surface area is 254 Å². The van der Waals surface area contributed by atoms with Crippen LogP contribution < -0.4 is 14.9 Å². The largest absolute Gasteiger partial charge is 0.510 e. The van der Waals surface area contributed by atoms with Crippen LogP contribution in [0.15, 0.2) is 69.9 Å². The highest BCUT2D eigenvalue weighted by Gasteiger charge is 2.47. The Balaban J connectivity index is 1.43. The maximum absolute atomic E-state index is 12.0. The van der Waals surface area contributed by atoms with Crippen molar-refractivity contribution in [2.45, 2.75) is 30.7 Å². The molecule has 0 unspecified atom stereocenters. The lowest BCUT2D eigenvalue weighted by Gasteiger charge is -2.39. The number of carbonyl (C=O) groups excluding carboxylic acids is 1. The van der Waals surface area contributed by atoms with Crippen LogP contribution in [0, 0.1) is 0 Å². The van der Waals surface area contributed by atoms with Crippen LogP contribution >= 0.6 is 0 Å². The number of ether oxygens (including phenoxy) is 4. The van der Waals surface area contributed by atoms with E-state index >= 15 is 0 Å². The van der Waals surface area contributed by atoms with Crippen molar-refractivity contribution in [1.29, 1.82) is 0 Å². The van der Waals surface area contributed by atoms with Crippen molar-refractivity contribution < 1.29 is 63.9 Å². The monoisotopic (exact) mass is 625 g/mol. The Morgan fingerprint density at radius 1 is 0.911 bits per heavy atom. The zero-order valence-corrected chi connectivity index (χ0v) is 23.5. The SMILES string of the molecule is COc1cc(-c2oc3cc(=O)cc(O)c-3cc2O[C@@H]2O[C@H](COC(=[OH+])C=Cc3ccc(O)cc3)[C@@H](O)[C@@H](O)[C@H]2O)cc(O)c1O. The van der Waals surface area contributed by atoms with E-state index < -0.39 is 66.0 Å². The van der Waals surface area contributed by atoms with Crippen molar-refractivity contribution >= 4 is 12.0 Å². The average Bonchev–Trinajstić information content (AvgIpc) is 3.01. The Hall–Kier alpha value is -5.28. The summed E-state index contributed by atoms with van der Waals surface area (Å²) in [6, 6.07) is 11.8. The summed E-state index contributed by atoms with van der Waals surface area (Å²) >= 11 is 0. The summed E-state index contributed by atoms with van der Waals surface area (Å²) in [6.07, 6.45) is -5.63. The Kier molecular flexibility index (Phi) is 8.83. The highest BCUT2D eigenvalue weighted by molar-refractivity contribution is 5.88. The first-order chi connectivity index (χ1) is 21.4. The molecule has 0 bridgehead atoms. The number of fused-ring (bicyclic) bond motifs is 1. The molecule has 2 heterocycles. The molecule has 8 N–H and O–H groups in total.